The third kappa shape index (κ3) is 2.30. The van der Waals surface area contributed by atoms with Crippen LogP contribution in [0.5, 0.6) is 11.5 Å². The van der Waals surface area contributed by atoms with Gasteiger partial charge in [0.25, 0.3) is 0 Å². The van der Waals surface area contributed by atoms with Gasteiger partial charge in [-0.25, -0.2) is 0 Å². The summed E-state index contributed by atoms with van der Waals surface area (Å²) < 4.78 is 4.94. The van der Waals surface area contributed by atoms with E-state index < -0.39 is 17.8 Å². The highest BCUT2D eigenvalue weighted by atomic mass is 16.5. The molecule has 6 nitrogen and oxygen atoms in total. The van der Waals surface area contributed by atoms with E-state index in [1.54, 1.807) is 12.1 Å². The minimum Gasteiger partial charge on any atom is -0.504 e. The van der Waals surface area contributed by atoms with Gasteiger partial charge in [0.2, 0.25) is 5.91 Å². The summed E-state index contributed by atoms with van der Waals surface area (Å²) >= 11 is 0. The first-order valence-corrected chi connectivity index (χ1v) is 7.10. The highest BCUT2D eigenvalue weighted by molar-refractivity contribution is 5.96. The SMILES string of the molecule is COc1ccc(NC(=O)[C@@H]2[C@H](C(=O)O)[C@H]3C=C[C@H]2C3)cc1O. The zero-order valence-electron chi connectivity index (χ0n) is 12.0. The van der Waals surface area contributed by atoms with E-state index in [0.29, 0.717) is 17.9 Å². The van der Waals surface area contributed by atoms with Gasteiger partial charge in [-0.1, -0.05) is 12.2 Å². The van der Waals surface area contributed by atoms with Crippen molar-refractivity contribution in [3.05, 3.63) is 30.4 Å². The molecule has 0 aliphatic heterocycles. The minimum atomic E-state index is -0.936. The number of methoxy groups -OCH3 is 1. The summed E-state index contributed by atoms with van der Waals surface area (Å²) in [4.78, 5) is 23.9. The summed E-state index contributed by atoms with van der Waals surface area (Å²) in [6.45, 7) is 0. The van der Waals surface area contributed by atoms with Crippen LogP contribution in [0.2, 0.25) is 0 Å². The zero-order chi connectivity index (χ0) is 15.9. The Labute approximate surface area is 127 Å². The van der Waals surface area contributed by atoms with Gasteiger partial charge < -0.3 is 20.3 Å². The Morgan fingerprint density at radius 1 is 1.23 bits per heavy atom. The molecule has 116 valence electrons. The van der Waals surface area contributed by atoms with Crippen molar-refractivity contribution >= 4 is 17.6 Å². The van der Waals surface area contributed by atoms with Crippen molar-refractivity contribution in [2.24, 2.45) is 23.7 Å². The standard InChI is InChI=1S/C16H17NO5/c1-22-12-5-4-10(7-11(12)18)17-15(19)13-8-2-3-9(6-8)14(13)16(20)21/h2-5,7-9,13-14,18H,6H2,1H3,(H,17,19)(H,20,21)/t8-,9-,13-,14+/m0/s1. The molecule has 0 aromatic heterocycles. The summed E-state index contributed by atoms with van der Waals surface area (Å²) in [5, 5.41) is 21.8. The monoisotopic (exact) mass is 303 g/mol. The van der Waals surface area contributed by atoms with Gasteiger partial charge in [0.05, 0.1) is 18.9 Å². The Balaban J connectivity index is 1.78. The molecule has 1 aromatic rings. The Morgan fingerprint density at radius 3 is 2.50 bits per heavy atom. The molecule has 0 spiro atoms. The van der Waals surface area contributed by atoms with E-state index in [2.05, 4.69) is 5.32 Å². The second kappa shape index (κ2) is 5.36. The molecule has 4 atom stereocenters. The summed E-state index contributed by atoms with van der Waals surface area (Å²) in [6.07, 6.45) is 4.54. The zero-order valence-corrected chi connectivity index (χ0v) is 12.0. The van der Waals surface area contributed by atoms with Gasteiger partial charge in [0.15, 0.2) is 11.5 Å². The number of allylic oxidation sites excluding steroid dienone is 2. The number of hydrogen-bond acceptors (Lipinski definition) is 4. The van der Waals surface area contributed by atoms with Crippen LogP contribution in [0.1, 0.15) is 6.42 Å². The van der Waals surface area contributed by atoms with E-state index in [9.17, 15) is 19.8 Å². The Bertz CT molecular complexity index is 654. The van der Waals surface area contributed by atoms with E-state index in [-0.39, 0.29) is 23.5 Å². The molecule has 3 rings (SSSR count). The molecule has 2 aliphatic rings. The molecule has 6 heteroatoms. The average molecular weight is 303 g/mol. The number of rotatable bonds is 4. The Morgan fingerprint density at radius 2 is 1.91 bits per heavy atom. The van der Waals surface area contributed by atoms with Gasteiger partial charge in [-0.05, 0) is 30.4 Å². The van der Waals surface area contributed by atoms with Crippen LogP contribution in [0.25, 0.3) is 0 Å². The molecule has 3 N–H and O–H groups in total. The highest BCUT2D eigenvalue weighted by Crippen LogP contribution is 2.48. The lowest BCUT2D eigenvalue weighted by molar-refractivity contribution is -0.146. The molecule has 2 aliphatic carbocycles. The maximum Gasteiger partial charge on any atom is 0.307 e. The molecule has 0 unspecified atom stereocenters. The normalized spacial score (nSPS) is 28.6. The van der Waals surface area contributed by atoms with Gasteiger partial charge in [-0.2, -0.15) is 0 Å². The summed E-state index contributed by atoms with van der Waals surface area (Å²) in [7, 11) is 1.44. The number of phenolic OH excluding ortho intramolecular Hbond substituents is 1. The van der Waals surface area contributed by atoms with Crippen molar-refractivity contribution in [1.29, 1.82) is 0 Å². The second-order valence-corrected chi connectivity index (χ2v) is 5.71. The molecule has 0 saturated heterocycles. The van der Waals surface area contributed by atoms with E-state index in [1.165, 1.54) is 13.2 Å². The summed E-state index contributed by atoms with van der Waals surface area (Å²) in [6, 6.07) is 4.53. The number of phenols is 1. The van der Waals surface area contributed by atoms with Crippen molar-refractivity contribution in [1.82, 2.24) is 0 Å². The molecule has 1 amide bonds. The van der Waals surface area contributed by atoms with Gasteiger partial charge in [-0.15, -0.1) is 0 Å². The number of amides is 1. The number of benzene rings is 1. The van der Waals surface area contributed by atoms with Gasteiger partial charge in [0.1, 0.15) is 0 Å². The fourth-order valence-electron chi connectivity index (χ4n) is 3.51. The number of carboxylic acid groups (broad SMARTS) is 1. The summed E-state index contributed by atoms with van der Waals surface area (Å²) in [5.41, 5.74) is 0.416. The van der Waals surface area contributed by atoms with Crippen LogP contribution in [0, 0.1) is 23.7 Å². The largest absolute Gasteiger partial charge is 0.504 e. The number of aromatic hydroxyl groups is 1. The number of carbonyl (C=O) groups is 2. The molecule has 1 saturated carbocycles. The summed E-state index contributed by atoms with van der Waals surface area (Å²) in [5.74, 6) is -2.38. The molecular formula is C16H17NO5. The Kier molecular flexibility index (Phi) is 3.52. The lowest BCUT2D eigenvalue weighted by atomic mass is 9.82. The minimum absolute atomic E-state index is 0.0297. The van der Waals surface area contributed by atoms with Crippen LogP contribution in [0.4, 0.5) is 5.69 Å². The quantitative estimate of drug-likeness (QED) is 0.738. The molecule has 1 aromatic carbocycles. The predicted molar refractivity (Wildman–Crippen MR) is 78.6 cm³/mol. The number of hydrogen-bond donors (Lipinski definition) is 3. The Hall–Kier alpha value is -2.50. The third-order valence-electron chi connectivity index (χ3n) is 4.49. The van der Waals surface area contributed by atoms with Crippen molar-refractivity contribution in [2.45, 2.75) is 6.42 Å². The smallest absolute Gasteiger partial charge is 0.307 e. The van der Waals surface area contributed by atoms with Crippen LogP contribution in [0.3, 0.4) is 0 Å². The maximum absolute atomic E-state index is 12.5. The second-order valence-electron chi connectivity index (χ2n) is 5.71. The molecule has 1 fully saturated rings. The van der Waals surface area contributed by atoms with Crippen molar-refractivity contribution < 1.29 is 24.5 Å². The highest BCUT2D eigenvalue weighted by Gasteiger charge is 2.51. The average Bonchev–Trinajstić information content (AvgIpc) is 3.07. The lowest BCUT2D eigenvalue weighted by Crippen LogP contribution is -2.36. The van der Waals surface area contributed by atoms with Crippen molar-refractivity contribution in [3.8, 4) is 11.5 Å². The van der Waals surface area contributed by atoms with Crippen LogP contribution in [0.15, 0.2) is 30.4 Å². The number of ether oxygens (including phenoxy) is 1. The molecular weight excluding hydrogens is 286 g/mol. The van der Waals surface area contributed by atoms with Crippen molar-refractivity contribution in [3.63, 3.8) is 0 Å². The molecule has 2 bridgehead atoms. The number of nitrogens with one attached hydrogen (secondary N) is 1. The fraction of sp³-hybridized carbons (Fsp3) is 0.375. The predicted octanol–water partition coefficient (Wildman–Crippen LogP) is 1.86. The number of carbonyl (C=O) groups excluding carboxylic acids is 1. The van der Waals surface area contributed by atoms with Crippen LogP contribution in [-0.4, -0.2) is 29.2 Å². The lowest BCUT2D eigenvalue weighted by Gasteiger charge is -2.23. The maximum atomic E-state index is 12.5. The molecule has 22 heavy (non-hydrogen) atoms. The molecule has 0 heterocycles. The first-order valence-electron chi connectivity index (χ1n) is 7.10. The van der Waals surface area contributed by atoms with Gasteiger partial charge >= 0.3 is 5.97 Å². The van der Waals surface area contributed by atoms with Crippen LogP contribution >= 0.6 is 0 Å². The van der Waals surface area contributed by atoms with E-state index in [4.69, 9.17) is 4.74 Å². The topological polar surface area (TPSA) is 95.9 Å². The van der Waals surface area contributed by atoms with Crippen LogP contribution < -0.4 is 10.1 Å². The number of anilines is 1. The van der Waals surface area contributed by atoms with E-state index in [0.717, 1.165) is 0 Å². The van der Waals surface area contributed by atoms with E-state index >= 15 is 0 Å². The first-order chi connectivity index (χ1) is 10.5. The van der Waals surface area contributed by atoms with Crippen LogP contribution in [-0.2, 0) is 9.59 Å². The fourth-order valence-corrected chi connectivity index (χ4v) is 3.51. The third-order valence-corrected chi connectivity index (χ3v) is 4.49. The number of fused-ring (bicyclic) bond motifs is 2. The number of aliphatic carboxylic acids is 1. The number of carboxylic acids is 1. The van der Waals surface area contributed by atoms with Gasteiger partial charge in [0, 0.05) is 11.8 Å². The first kappa shape index (κ1) is 14.4. The van der Waals surface area contributed by atoms with Gasteiger partial charge in [-0.3, -0.25) is 9.59 Å². The molecule has 0 radical (unpaired) electrons. The van der Waals surface area contributed by atoms with Crippen molar-refractivity contribution in [2.75, 3.05) is 12.4 Å². The van der Waals surface area contributed by atoms with E-state index in [1.807, 2.05) is 12.2 Å².